The van der Waals surface area contributed by atoms with Crippen LogP contribution in [0.2, 0.25) is 0 Å². The van der Waals surface area contributed by atoms with E-state index >= 15 is 0 Å². The highest BCUT2D eigenvalue weighted by atomic mass is 19.4. The number of nitrogens with two attached hydrogens (primary N) is 1. The summed E-state index contributed by atoms with van der Waals surface area (Å²) >= 11 is 0. The van der Waals surface area contributed by atoms with Crippen LogP contribution in [-0.2, 0) is 12.6 Å². The number of carbonyl (C=O) groups excluding carboxylic acids is 1. The molecule has 184 valence electrons. The smallest absolute Gasteiger partial charge is 0.385 e. The Balaban J connectivity index is 1.43. The van der Waals surface area contributed by atoms with Crippen LogP contribution in [0.15, 0.2) is 84.9 Å². The number of aromatic nitrogens is 1. The topological polar surface area (TPSA) is 80.0 Å². The maximum Gasteiger partial charge on any atom is 0.416 e. The molecule has 4 rings (SSSR count). The van der Waals surface area contributed by atoms with E-state index in [9.17, 15) is 18.0 Å². The van der Waals surface area contributed by atoms with Gasteiger partial charge in [-0.1, -0.05) is 35.9 Å². The second-order valence-electron chi connectivity index (χ2n) is 8.39. The van der Waals surface area contributed by atoms with Crippen molar-refractivity contribution in [3.8, 4) is 11.1 Å². The third kappa shape index (κ3) is 6.21. The summed E-state index contributed by atoms with van der Waals surface area (Å²) in [6.07, 6.45) is -3.71. The van der Waals surface area contributed by atoms with Crippen molar-refractivity contribution in [2.75, 3.05) is 22.9 Å². The Kier molecular flexibility index (Phi) is 7.24. The van der Waals surface area contributed by atoms with Gasteiger partial charge >= 0.3 is 6.18 Å². The average Bonchev–Trinajstić information content (AvgIpc) is 2.85. The molecule has 0 saturated carbocycles. The van der Waals surface area contributed by atoms with Crippen molar-refractivity contribution in [1.82, 2.24) is 4.98 Å². The zero-order chi connectivity index (χ0) is 25.7. The molecule has 1 aromatic heterocycles. The van der Waals surface area contributed by atoms with Gasteiger partial charge in [0.15, 0.2) is 0 Å². The molecule has 0 aliphatic heterocycles. The van der Waals surface area contributed by atoms with E-state index in [4.69, 9.17) is 5.73 Å². The van der Waals surface area contributed by atoms with Gasteiger partial charge in [0.1, 0.15) is 5.82 Å². The normalized spacial score (nSPS) is 11.2. The summed E-state index contributed by atoms with van der Waals surface area (Å²) in [5.41, 5.74) is 9.69. The van der Waals surface area contributed by atoms with Crippen molar-refractivity contribution in [1.29, 1.82) is 0 Å². The molecule has 0 atom stereocenters. The SMILES string of the molecule is Cc1ccc(-c2ccc(C(F)(F)F)cc2)c(C(=O)Nc2ccc(NCCc3cccc(N)n3)cc2)c1. The van der Waals surface area contributed by atoms with Gasteiger partial charge < -0.3 is 16.4 Å². The van der Waals surface area contributed by atoms with Gasteiger partial charge in [0.25, 0.3) is 5.91 Å². The predicted octanol–water partition coefficient (Wildman–Crippen LogP) is 6.56. The summed E-state index contributed by atoms with van der Waals surface area (Å²) in [5, 5.41) is 6.18. The number of benzene rings is 3. The molecule has 0 saturated heterocycles. The monoisotopic (exact) mass is 490 g/mol. The average molecular weight is 491 g/mol. The number of nitrogens with zero attached hydrogens (tertiary/aromatic N) is 1. The first-order valence-corrected chi connectivity index (χ1v) is 11.3. The van der Waals surface area contributed by atoms with E-state index in [0.29, 0.717) is 41.2 Å². The molecule has 0 aliphatic carbocycles. The summed E-state index contributed by atoms with van der Waals surface area (Å²) in [6.45, 7) is 2.52. The highest BCUT2D eigenvalue weighted by Crippen LogP contribution is 2.32. The van der Waals surface area contributed by atoms with Crippen molar-refractivity contribution >= 4 is 23.1 Å². The van der Waals surface area contributed by atoms with Crippen LogP contribution in [0.3, 0.4) is 0 Å². The number of nitrogen functional groups attached to an aromatic ring is 1. The highest BCUT2D eigenvalue weighted by molar-refractivity contribution is 6.09. The quantitative estimate of drug-likeness (QED) is 0.274. The lowest BCUT2D eigenvalue weighted by Crippen LogP contribution is -2.13. The number of hydrogen-bond acceptors (Lipinski definition) is 4. The van der Waals surface area contributed by atoms with Crippen molar-refractivity contribution < 1.29 is 18.0 Å². The second-order valence-corrected chi connectivity index (χ2v) is 8.39. The van der Waals surface area contributed by atoms with E-state index in [2.05, 4.69) is 15.6 Å². The minimum absolute atomic E-state index is 0.345. The third-order valence-corrected chi connectivity index (χ3v) is 5.62. The fourth-order valence-electron chi connectivity index (χ4n) is 3.78. The second kappa shape index (κ2) is 10.5. The molecule has 0 radical (unpaired) electrons. The molecule has 36 heavy (non-hydrogen) atoms. The number of hydrogen-bond donors (Lipinski definition) is 3. The van der Waals surface area contributed by atoms with Gasteiger partial charge in [-0.05, 0) is 72.6 Å². The highest BCUT2D eigenvalue weighted by Gasteiger charge is 2.30. The number of alkyl halides is 3. The Morgan fingerprint density at radius 3 is 2.28 bits per heavy atom. The molecule has 0 bridgehead atoms. The van der Waals surface area contributed by atoms with Crippen LogP contribution in [0.5, 0.6) is 0 Å². The van der Waals surface area contributed by atoms with E-state index < -0.39 is 11.7 Å². The molecule has 1 amide bonds. The fraction of sp³-hybridized carbons (Fsp3) is 0.143. The number of nitrogens with one attached hydrogen (secondary N) is 2. The van der Waals surface area contributed by atoms with Gasteiger partial charge in [0.2, 0.25) is 0 Å². The van der Waals surface area contributed by atoms with Gasteiger partial charge in [0.05, 0.1) is 5.56 Å². The van der Waals surface area contributed by atoms with Gasteiger partial charge in [-0.15, -0.1) is 0 Å². The summed E-state index contributed by atoms with van der Waals surface area (Å²) in [5.74, 6) is 0.143. The van der Waals surface area contributed by atoms with Crippen LogP contribution in [0.25, 0.3) is 11.1 Å². The van der Waals surface area contributed by atoms with E-state index in [1.165, 1.54) is 12.1 Å². The molecular formula is C28H25F3N4O. The van der Waals surface area contributed by atoms with E-state index in [1.54, 1.807) is 30.3 Å². The first kappa shape index (κ1) is 24.8. The number of rotatable bonds is 7. The number of aryl methyl sites for hydroxylation is 1. The van der Waals surface area contributed by atoms with Crippen molar-refractivity contribution in [3.63, 3.8) is 0 Å². The maximum absolute atomic E-state index is 13.1. The molecule has 5 nitrogen and oxygen atoms in total. The van der Waals surface area contributed by atoms with Crippen LogP contribution in [-0.4, -0.2) is 17.4 Å². The van der Waals surface area contributed by atoms with Crippen LogP contribution in [0.4, 0.5) is 30.4 Å². The van der Waals surface area contributed by atoms with Crippen molar-refractivity contribution in [2.45, 2.75) is 19.5 Å². The summed E-state index contributed by atoms with van der Waals surface area (Å²) in [6, 6.07) is 22.9. The first-order chi connectivity index (χ1) is 17.2. The standard InChI is InChI=1S/C28H25F3N4O/c1-18-5-14-24(19-6-8-20(9-7-19)28(29,30)31)25(17-18)27(36)35-23-12-10-21(11-13-23)33-16-15-22-3-2-4-26(32)34-22/h2-14,17,33H,15-16H2,1H3,(H2,32,34)(H,35,36). The molecule has 0 aliphatic rings. The molecule has 1 heterocycles. The molecule has 4 N–H and O–H groups in total. The van der Waals surface area contributed by atoms with Gasteiger partial charge in [-0.3, -0.25) is 4.79 Å². The predicted molar refractivity (Wildman–Crippen MR) is 137 cm³/mol. The number of amides is 1. The first-order valence-electron chi connectivity index (χ1n) is 11.3. The molecule has 4 aromatic rings. The lowest BCUT2D eigenvalue weighted by atomic mass is 9.96. The van der Waals surface area contributed by atoms with Crippen molar-refractivity contribution in [3.05, 3.63) is 107 Å². The zero-order valence-electron chi connectivity index (χ0n) is 19.6. The number of anilines is 3. The number of pyridine rings is 1. The van der Waals surface area contributed by atoms with Crippen LogP contribution in [0.1, 0.15) is 27.2 Å². The summed E-state index contributed by atoms with van der Waals surface area (Å²) in [7, 11) is 0. The molecule has 3 aromatic carbocycles. The molecule has 8 heteroatoms. The Bertz CT molecular complexity index is 1350. The fourth-order valence-corrected chi connectivity index (χ4v) is 3.78. The number of carbonyl (C=O) groups is 1. The van der Waals surface area contributed by atoms with Gasteiger partial charge in [-0.25, -0.2) is 4.98 Å². The maximum atomic E-state index is 13.1. The molecule has 0 unspecified atom stereocenters. The zero-order valence-corrected chi connectivity index (χ0v) is 19.6. The van der Waals surface area contributed by atoms with Crippen LogP contribution in [0, 0.1) is 6.92 Å². The molecular weight excluding hydrogens is 465 g/mol. The molecule has 0 fully saturated rings. The Hall–Kier alpha value is -4.33. The minimum Gasteiger partial charge on any atom is -0.385 e. The Morgan fingerprint density at radius 1 is 0.917 bits per heavy atom. The van der Waals surface area contributed by atoms with Crippen LogP contribution >= 0.6 is 0 Å². The van der Waals surface area contributed by atoms with E-state index in [0.717, 1.165) is 29.1 Å². The lowest BCUT2D eigenvalue weighted by Gasteiger charge is -2.13. The summed E-state index contributed by atoms with van der Waals surface area (Å²) in [4.78, 5) is 17.4. The minimum atomic E-state index is -4.42. The van der Waals surface area contributed by atoms with Gasteiger partial charge in [0, 0.05) is 35.6 Å². The Morgan fingerprint density at radius 2 is 1.61 bits per heavy atom. The summed E-state index contributed by atoms with van der Waals surface area (Å²) < 4.78 is 38.8. The van der Waals surface area contributed by atoms with E-state index in [-0.39, 0.29) is 5.91 Å². The largest absolute Gasteiger partial charge is 0.416 e. The van der Waals surface area contributed by atoms with Crippen LogP contribution < -0.4 is 16.4 Å². The van der Waals surface area contributed by atoms with E-state index in [1.807, 2.05) is 37.3 Å². The molecule has 0 spiro atoms. The van der Waals surface area contributed by atoms with Crippen molar-refractivity contribution in [2.24, 2.45) is 0 Å². The lowest BCUT2D eigenvalue weighted by molar-refractivity contribution is -0.137. The van der Waals surface area contributed by atoms with Gasteiger partial charge in [-0.2, -0.15) is 13.2 Å². The number of halogens is 3. The third-order valence-electron chi connectivity index (χ3n) is 5.62. The Labute approximate surface area is 207 Å².